The lowest BCUT2D eigenvalue weighted by atomic mass is 9.84. The minimum Gasteiger partial charge on any atom is -0.493 e. The second-order valence-corrected chi connectivity index (χ2v) is 5.88. The van der Waals surface area contributed by atoms with Gasteiger partial charge in [-0.15, -0.1) is 0 Å². The number of hydrogen-bond donors (Lipinski definition) is 1. The first kappa shape index (κ1) is 15.4. The summed E-state index contributed by atoms with van der Waals surface area (Å²) in [6.07, 6.45) is 9.62. The number of aryl methyl sites for hydroxylation is 1. The van der Waals surface area contributed by atoms with Gasteiger partial charge in [-0.05, 0) is 38.8 Å². The lowest BCUT2D eigenvalue weighted by Crippen LogP contribution is -2.26. The van der Waals surface area contributed by atoms with Crippen molar-refractivity contribution in [3.63, 3.8) is 0 Å². The highest BCUT2D eigenvalue weighted by molar-refractivity contribution is 5.29. The van der Waals surface area contributed by atoms with Crippen molar-refractivity contribution >= 4 is 0 Å². The molecule has 0 bridgehead atoms. The van der Waals surface area contributed by atoms with Crippen molar-refractivity contribution in [3.05, 3.63) is 11.9 Å². The fourth-order valence-electron chi connectivity index (χ4n) is 3.55. The molecule has 4 nitrogen and oxygen atoms in total. The van der Waals surface area contributed by atoms with Gasteiger partial charge >= 0.3 is 0 Å². The Hall–Kier alpha value is -1.03. The minimum absolute atomic E-state index is 0.578. The van der Waals surface area contributed by atoms with Crippen LogP contribution >= 0.6 is 0 Å². The zero-order valence-corrected chi connectivity index (χ0v) is 13.2. The summed E-state index contributed by atoms with van der Waals surface area (Å²) in [4.78, 5) is 0. The van der Waals surface area contributed by atoms with Crippen LogP contribution in [0.3, 0.4) is 0 Å². The van der Waals surface area contributed by atoms with Crippen LogP contribution in [0.15, 0.2) is 6.20 Å². The molecule has 1 aliphatic rings. The van der Waals surface area contributed by atoms with Crippen LogP contribution in [0.1, 0.15) is 57.1 Å². The Balaban J connectivity index is 2.31. The van der Waals surface area contributed by atoms with E-state index in [0.29, 0.717) is 11.8 Å². The Bertz CT molecular complexity index is 402. The molecule has 0 amide bonds. The van der Waals surface area contributed by atoms with Crippen LogP contribution < -0.4 is 10.1 Å². The first-order chi connectivity index (χ1) is 9.81. The number of methoxy groups -OCH3 is 1. The van der Waals surface area contributed by atoms with Gasteiger partial charge in [0.25, 0.3) is 0 Å². The zero-order valence-electron chi connectivity index (χ0n) is 13.2. The molecule has 20 heavy (non-hydrogen) atoms. The van der Waals surface area contributed by atoms with Crippen molar-refractivity contribution in [3.8, 4) is 5.75 Å². The monoisotopic (exact) mass is 279 g/mol. The van der Waals surface area contributed by atoms with E-state index in [-0.39, 0.29) is 0 Å². The summed E-state index contributed by atoms with van der Waals surface area (Å²) in [5, 5.41) is 7.92. The molecule has 4 heteroatoms. The van der Waals surface area contributed by atoms with Gasteiger partial charge in [-0.1, -0.05) is 26.2 Å². The Morgan fingerprint density at radius 2 is 2.15 bits per heavy atom. The van der Waals surface area contributed by atoms with Crippen LogP contribution in [0.2, 0.25) is 0 Å². The maximum absolute atomic E-state index is 5.59. The van der Waals surface area contributed by atoms with E-state index in [0.717, 1.165) is 25.3 Å². The molecule has 0 aliphatic heterocycles. The number of nitrogens with one attached hydrogen (secondary N) is 1. The van der Waals surface area contributed by atoms with E-state index in [1.54, 1.807) is 7.11 Å². The Labute approximate surface area is 122 Å². The predicted molar refractivity (Wildman–Crippen MR) is 82.3 cm³/mol. The molecule has 1 saturated carbocycles. The molecule has 2 atom stereocenters. The Morgan fingerprint density at radius 1 is 1.35 bits per heavy atom. The third-order valence-corrected chi connectivity index (χ3v) is 4.48. The average Bonchev–Trinajstić information content (AvgIpc) is 2.71. The quantitative estimate of drug-likeness (QED) is 0.813. The van der Waals surface area contributed by atoms with Crippen LogP contribution in [0.25, 0.3) is 0 Å². The summed E-state index contributed by atoms with van der Waals surface area (Å²) in [6.45, 7) is 4.28. The summed E-state index contributed by atoms with van der Waals surface area (Å²) in [5.74, 6) is 2.25. The highest BCUT2D eigenvalue weighted by atomic mass is 16.5. The van der Waals surface area contributed by atoms with Gasteiger partial charge < -0.3 is 10.1 Å². The number of aromatic nitrogens is 2. The lowest BCUT2D eigenvalue weighted by Gasteiger charge is -2.26. The van der Waals surface area contributed by atoms with Gasteiger partial charge in [0, 0.05) is 12.5 Å². The van der Waals surface area contributed by atoms with Crippen molar-refractivity contribution in [2.24, 2.45) is 5.92 Å². The molecule has 0 saturated heterocycles. The molecule has 2 unspecified atom stereocenters. The average molecular weight is 279 g/mol. The molecule has 114 valence electrons. The standard InChI is InChI=1S/C16H29N3O/c1-4-10-19-16(15(20-3)12-18-19)14-9-7-5-6-8-13(14)11-17-2/h12-14,17H,4-11H2,1-3H3. The number of nitrogens with zero attached hydrogens (tertiary/aromatic N) is 2. The fraction of sp³-hybridized carbons (Fsp3) is 0.812. The molecule has 1 aromatic heterocycles. The first-order valence-corrected chi connectivity index (χ1v) is 8.06. The fourth-order valence-corrected chi connectivity index (χ4v) is 3.55. The predicted octanol–water partition coefficient (Wildman–Crippen LogP) is 3.19. The van der Waals surface area contributed by atoms with Crippen molar-refractivity contribution < 1.29 is 4.74 Å². The van der Waals surface area contributed by atoms with Crippen molar-refractivity contribution in [2.45, 2.75) is 57.9 Å². The van der Waals surface area contributed by atoms with E-state index in [2.05, 4.69) is 29.1 Å². The molecular formula is C16H29N3O. The second kappa shape index (κ2) is 7.67. The summed E-state index contributed by atoms with van der Waals surface area (Å²) in [5.41, 5.74) is 1.33. The minimum atomic E-state index is 0.578. The number of hydrogen-bond acceptors (Lipinski definition) is 3. The molecule has 1 heterocycles. The third-order valence-electron chi connectivity index (χ3n) is 4.48. The van der Waals surface area contributed by atoms with E-state index in [1.807, 2.05) is 6.20 Å². The van der Waals surface area contributed by atoms with Crippen LogP contribution in [-0.2, 0) is 6.54 Å². The smallest absolute Gasteiger partial charge is 0.160 e. The van der Waals surface area contributed by atoms with Crippen LogP contribution in [0, 0.1) is 5.92 Å². The van der Waals surface area contributed by atoms with E-state index in [4.69, 9.17) is 4.74 Å². The van der Waals surface area contributed by atoms with Crippen LogP contribution in [0.5, 0.6) is 5.75 Å². The molecule has 2 rings (SSSR count). The summed E-state index contributed by atoms with van der Waals surface area (Å²) >= 11 is 0. The van der Waals surface area contributed by atoms with Gasteiger partial charge in [-0.2, -0.15) is 5.10 Å². The molecule has 0 spiro atoms. The molecular weight excluding hydrogens is 250 g/mol. The number of rotatable bonds is 6. The molecule has 0 aromatic carbocycles. The zero-order chi connectivity index (χ0) is 14.4. The van der Waals surface area contributed by atoms with E-state index in [9.17, 15) is 0 Å². The maximum atomic E-state index is 5.59. The summed E-state index contributed by atoms with van der Waals surface area (Å²) < 4.78 is 7.77. The molecule has 1 fully saturated rings. The Kier molecular flexibility index (Phi) is 5.89. The largest absolute Gasteiger partial charge is 0.493 e. The van der Waals surface area contributed by atoms with Gasteiger partial charge in [0.1, 0.15) is 0 Å². The Morgan fingerprint density at radius 3 is 2.85 bits per heavy atom. The normalized spacial score (nSPS) is 23.6. The molecule has 0 radical (unpaired) electrons. The highest BCUT2D eigenvalue weighted by Crippen LogP contribution is 2.40. The van der Waals surface area contributed by atoms with Gasteiger partial charge in [-0.25, -0.2) is 0 Å². The second-order valence-electron chi connectivity index (χ2n) is 5.88. The van der Waals surface area contributed by atoms with Crippen molar-refractivity contribution in [1.29, 1.82) is 0 Å². The maximum Gasteiger partial charge on any atom is 0.160 e. The lowest BCUT2D eigenvalue weighted by molar-refractivity contribution is 0.343. The van der Waals surface area contributed by atoms with E-state index in [1.165, 1.54) is 37.8 Å². The van der Waals surface area contributed by atoms with Gasteiger partial charge in [-0.3, -0.25) is 4.68 Å². The van der Waals surface area contributed by atoms with Crippen LogP contribution in [-0.4, -0.2) is 30.5 Å². The first-order valence-electron chi connectivity index (χ1n) is 8.06. The van der Waals surface area contributed by atoms with E-state index >= 15 is 0 Å². The molecule has 1 aromatic rings. The van der Waals surface area contributed by atoms with Gasteiger partial charge in [0.15, 0.2) is 5.75 Å². The highest BCUT2D eigenvalue weighted by Gasteiger charge is 2.30. The summed E-state index contributed by atoms with van der Waals surface area (Å²) in [6, 6.07) is 0. The topological polar surface area (TPSA) is 39.1 Å². The van der Waals surface area contributed by atoms with Crippen molar-refractivity contribution in [1.82, 2.24) is 15.1 Å². The SMILES string of the molecule is CCCn1ncc(OC)c1C1CCCCCC1CNC. The summed E-state index contributed by atoms with van der Waals surface area (Å²) in [7, 11) is 3.82. The number of ether oxygens (including phenoxy) is 1. The molecule has 1 aliphatic carbocycles. The van der Waals surface area contributed by atoms with Gasteiger partial charge in [0.05, 0.1) is 19.0 Å². The van der Waals surface area contributed by atoms with Crippen molar-refractivity contribution in [2.75, 3.05) is 20.7 Å². The molecule has 1 N–H and O–H groups in total. The van der Waals surface area contributed by atoms with Gasteiger partial charge in [0.2, 0.25) is 0 Å². The van der Waals surface area contributed by atoms with E-state index < -0.39 is 0 Å². The van der Waals surface area contributed by atoms with Crippen LogP contribution in [0.4, 0.5) is 0 Å². The third kappa shape index (κ3) is 3.35.